The molecule has 0 aromatic rings. The summed E-state index contributed by atoms with van der Waals surface area (Å²) in [6.07, 6.45) is 3.92. The minimum Gasteiger partial charge on any atom is -0.327 e. The average molecular weight is 175 g/mol. The average Bonchev–Trinajstić information content (AvgIpc) is 1.59. The fraction of sp³-hybridized carbons (Fsp3) is 1.00. The summed E-state index contributed by atoms with van der Waals surface area (Å²) in [4.78, 5) is 0. The molecule has 0 aromatic carbocycles. The van der Waals surface area contributed by atoms with Crippen LogP contribution in [-0.2, 0) is 4.18 Å². The molecule has 0 saturated carbocycles. The molecule has 8 heavy (non-hydrogen) atoms. The second-order valence-corrected chi connectivity index (χ2v) is 7.31. The number of alkyl halides is 1. The van der Waals surface area contributed by atoms with Gasteiger partial charge in [-0.2, -0.15) is 0 Å². The Kier molecular flexibility index (Phi) is 4.34. The van der Waals surface area contributed by atoms with E-state index in [0.717, 1.165) is 0 Å². The molecule has 0 aliphatic rings. The second-order valence-electron chi connectivity index (χ2n) is 1.69. The summed E-state index contributed by atoms with van der Waals surface area (Å²) in [5.41, 5.74) is 0. The van der Waals surface area contributed by atoms with Gasteiger partial charge in [-0.1, -0.05) is 9.34 Å². The molecule has 0 fully saturated rings. The van der Waals surface area contributed by atoms with Crippen LogP contribution in [0.15, 0.2) is 0 Å². The Hall–Kier alpha value is 0.950. The standard InChI is InChI=1S/C4H11ClOS2/c1-8(2,7)6-4-3-5/h7H,3-4H2,1-2H3. The van der Waals surface area contributed by atoms with Crippen molar-refractivity contribution in [3.8, 4) is 0 Å². The first-order valence-corrected chi connectivity index (χ1v) is 6.18. The van der Waals surface area contributed by atoms with Crippen molar-refractivity contribution in [3.05, 3.63) is 0 Å². The molecule has 4 heteroatoms. The first-order valence-electron chi connectivity index (χ1n) is 2.22. The van der Waals surface area contributed by atoms with Crippen molar-refractivity contribution in [3.63, 3.8) is 0 Å². The van der Waals surface area contributed by atoms with Gasteiger partial charge in [-0.25, -0.2) is 0 Å². The summed E-state index contributed by atoms with van der Waals surface area (Å²) in [7, 11) is -1.08. The molecule has 0 aliphatic heterocycles. The van der Waals surface area contributed by atoms with E-state index in [1.54, 1.807) is 0 Å². The van der Waals surface area contributed by atoms with E-state index < -0.39 is 9.34 Å². The van der Waals surface area contributed by atoms with Crippen LogP contribution in [0.5, 0.6) is 0 Å². The molecule has 0 radical (unpaired) electrons. The highest BCUT2D eigenvalue weighted by Gasteiger charge is 2.02. The molecular weight excluding hydrogens is 164 g/mol. The first-order chi connectivity index (χ1) is 3.56. The van der Waals surface area contributed by atoms with Crippen LogP contribution >= 0.6 is 32.6 Å². The van der Waals surface area contributed by atoms with Gasteiger partial charge in [0.1, 0.15) is 0 Å². The normalized spacial score (nSPS) is 14.0. The zero-order valence-electron chi connectivity index (χ0n) is 5.06. The van der Waals surface area contributed by atoms with Gasteiger partial charge >= 0.3 is 0 Å². The van der Waals surface area contributed by atoms with Crippen molar-refractivity contribution in [2.45, 2.75) is 0 Å². The molecule has 0 unspecified atom stereocenters. The molecule has 0 aromatic heterocycles. The van der Waals surface area contributed by atoms with Crippen LogP contribution in [0.4, 0.5) is 0 Å². The molecule has 0 N–H and O–H groups in total. The molecule has 52 valence electrons. The maximum absolute atomic E-state index is 5.36. The van der Waals surface area contributed by atoms with Crippen molar-refractivity contribution in [1.29, 1.82) is 0 Å². The lowest BCUT2D eigenvalue weighted by Gasteiger charge is -2.22. The molecule has 1 nitrogen and oxygen atoms in total. The van der Waals surface area contributed by atoms with E-state index in [9.17, 15) is 0 Å². The second kappa shape index (κ2) is 3.88. The van der Waals surface area contributed by atoms with E-state index >= 15 is 0 Å². The van der Waals surface area contributed by atoms with Crippen LogP contribution in [-0.4, -0.2) is 25.0 Å². The maximum Gasteiger partial charge on any atom is 0.0737 e. The minimum absolute atomic E-state index is 0.553. The van der Waals surface area contributed by atoms with Gasteiger partial charge in [0.05, 0.1) is 6.61 Å². The highest BCUT2D eigenvalue weighted by atomic mass is 35.5. The van der Waals surface area contributed by atoms with E-state index in [1.165, 1.54) is 0 Å². The topological polar surface area (TPSA) is 9.23 Å². The molecule has 0 atom stereocenters. The van der Waals surface area contributed by atoms with E-state index in [0.29, 0.717) is 12.5 Å². The predicted molar refractivity (Wildman–Crippen MR) is 45.1 cm³/mol. The lowest BCUT2D eigenvalue weighted by atomic mass is 10.9. The largest absolute Gasteiger partial charge is 0.327 e. The van der Waals surface area contributed by atoms with Gasteiger partial charge in [0, 0.05) is 5.88 Å². The molecule has 0 aliphatic carbocycles. The summed E-state index contributed by atoms with van der Waals surface area (Å²) >= 11 is 9.55. The molecule has 0 amide bonds. The van der Waals surface area contributed by atoms with E-state index in [2.05, 4.69) is 11.7 Å². The van der Waals surface area contributed by atoms with Crippen LogP contribution in [0, 0.1) is 0 Å². The first kappa shape index (κ1) is 8.95. The smallest absolute Gasteiger partial charge is 0.0737 e. The van der Waals surface area contributed by atoms with Crippen LogP contribution in [0.1, 0.15) is 0 Å². The highest BCUT2D eigenvalue weighted by Crippen LogP contribution is 2.45. The van der Waals surface area contributed by atoms with Gasteiger partial charge in [-0.15, -0.1) is 23.3 Å². The van der Waals surface area contributed by atoms with Crippen LogP contribution in [0.2, 0.25) is 0 Å². The Morgan fingerprint density at radius 2 is 2.12 bits per heavy atom. The fourth-order valence-electron chi connectivity index (χ4n) is 0.235. The van der Waals surface area contributed by atoms with Gasteiger partial charge in [0.25, 0.3) is 0 Å². The number of hydrogen-bond donors (Lipinski definition) is 1. The summed E-state index contributed by atoms with van der Waals surface area (Å²) in [6.45, 7) is 0.605. The molecule has 0 bridgehead atoms. The lowest BCUT2D eigenvalue weighted by Crippen LogP contribution is -1.96. The molecule has 0 saturated heterocycles. The Balaban J connectivity index is 3.11. The quantitative estimate of drug-likeness (QED) is 0.392. The summed E-state index contributed by atoms with van der Waals surface area (Å²) < 4.78 is 5.19. The predicted octanol–water partition coefficient (Wildman–Crippen LogP) is 2.07. The number of thiol groups is 1. The zero-order valence-corrected chi connectivity index (χ0v) is 7.52. The van der Waals surface area contributed by atoms with Crippen LogP contribution < -0.4 is 0 Å². The van der Waals surface area contributed by atoms with Gasteiger partial charge in [0.2, 0.25) is 0 Å². The van der Waals surface area contributed by atoms with E-state index in [4.69, 9.17) is 15.8 Å². The van der Waals surface area contributed by atoms with Gasteiger partial charge < -0.3 is 4.18 Å². The van der Waals surface area contributed by atoms with Crippen molar-refractivity contribution in [2.75, 3.05) is 25.0 Å². The molecular formula is C4H11ClOS2. The Labute approximate surface area is 62.1 Å². The summed E-state index contributed by atoms with van der Waals surface area (Å²) in [5, 5.41) is 0. The van der Waals surface area contributed by atoms with Gasteiger partial charge in [0.15, 0.2) is 0 Å². The van der Waals surface area contributed by atoms with Crippen molar-refractivity contribution < 1.29 is 4.18 Å². The number of rotatable bonds is 3. The molecule has 0 rings (SSSR count). The van der Waals surface area contributed by atoms with Crippen LogP contribution in [0.25, 0.3) is 0 Å². The summed E-state index contributed by atoms with van der Waals surface area (Å²) in [5.74, 6) is 0.553. The monoisotopic (exact) mass is 174 g/mol. The number of hydrogen-bond acceptors (Lipinski definition) is 2. The molecule has 0 spiro atoms. The summed E-state index contributed by atoms with van der Waals surface area (Å²) in [6, 6.07) is 0. The Morgan fingerprint density at radius 1 is 1.62 bits per heavy atom. The third-order valence-electron chi connectivity index (χ3n) is 0.449. The highest BCUT2D eigenvalue weighted by molar-refractivity contribution is 8.85. The third kappa shape index (κ3) is 6.95. The van der Waals surface area contributed by atoms with E-state index in [-0.39, 0.29) is 0 Å². The van der Waals surface area contributed by atoms with Crippen molar-refractivity contribution in [1.82, 2.24) is 0 Å². The fourth-order valence-corrected chi connectivity index (χ4v) is 1.12. The van der Waals surface area contributed by atoms with Gasteiger partial charge in [-0.05, 0) is 12.5 Å². The van der Waals surface area contributed by atoms with E-state index in [1.807, 2.05) is 12.5 Å². The third-order valence-corrected chi connectivity index (χ3v) is 1.66. The van der Waals surface area contributed by atoms with Crippen molar-refractivity contribution >= 4 is 32.6 Å². The Morgan fingerprint density at radius 3 is 2.25 bits per heavy atom. The van der Waals surface area contributed by atoms with Crippen molar-refractivity contribution in [2.24, 2.45) is 0 Å². The Bertz CT molecular complexity index is 61.5. The van der Waals surface area contributed by atoms with Gasteiger partial charge in [-0.3, -0.25) is 0 Å². The maximum atomic E-state index is 5.36. The number of halogens is 1. The SMILES string of the molecule is CS(C)(S)OCCCl. The lowest BCUT2D eigenvalue weighted by molar-refractivity contribution is 0.397. The zero-order chi connectivity index (χ0) is 6.62. The minimum atomic E-state index is -1.08. The van der Waals surface area contributed by atoms with Crippen LogP contribution in [0.3, 0.4) is 0 Å². The molecule has 0 heterocycles.